The van der Waals surface area contributed by atoms with Gasteiger partial charge < -0.3 is 14.2 Å². The van der Waals surface area contributed by atoms with Gasteiger partial charge in [-0.15, -0.1) is 0 Å². The van der Waals surface area contributed by atoms with Crippen LogP contribution in [0.3, 0.4) is 0 Å². The van der Waals surface area contributed by atoms with Crippen LogP contribution in [0.15, 0.2) is 28.6 Å². The maximum Gasteiger partial charge on any atom is 0.261 e. The maximum atomic E-state index is 12.9. The molecule has 1 saturated heterocycles. The van der Waals surface area contributed by atoms with Crippen LogP contribution in [0.25, 0.3) is 11.5 Å². The van der Waals surface area contributed by atoms with Crippen LogP contribution in [-0.2, 0) is 16.6 Å². The Balaban J connectivity index is 1.51. The average Bonchev–Trinajstić information content (AvgIpc) is 3.32. The molecule has 144 valence electrons. The normalized spacial score (nSPS) is 23.5. The number of aromatic nitrogens is 4. The van der Waals surface area contributed by atoms with Gasteiger partial charge in [0, 0.05) is 25.9 Å². The predicted octanol–water partition coefficient (Wildman–Crippen LogP) is 2.51. The molecular weight excluding hydrogens is 346 g/mol. The smallest absolute Gasteiger partial charge is 0.261 e. The summed E-state index contributed by atoms with van der Waals surface area (Å²) in [5.74, 6) is 1.63. The lowest BCUT2D eigenvalue weighted by Crippen LogP contribution is -2.43. The number of nitrogens with zero attached hydrogens (tertiary/aromatic N) is 5. The molecule has 1 atom stereocenters. The number of rotatable bonds is 3. The number of amides is 1. The predicted molar refractivity (Wildman–Crippen MR) is 97.5 cm³/mol. The second-order valence-electron chi connectivity index (χ2n) is 7.47. The second-order valence-corrected chi connectivity index (χ2v) is 7.47. The number of carbonyl (C=O) groups is 1. The minimum absolute atomic E-state index is 0.0144. The van der Waals surface area contributed by atoms with Crippen LogP contribution in [0, 0.1) is 5.92 Å². The van der Waals surface area contributed by atoms with Crippen LogP contribution < -0.4 is 0 Å². The van der Waals surface area contributed by atoms with Crippen molar-refractivity contribution in [2.24, 2.45) is 13.0 Å². The number of morpholine rings is 1. The van der Waals surface area contributed by atoms with Crippen LogP contribution in [0.1, 0.15) is 44.5 Å². The van der Waals surface area contributed by atoms with Gasteiger partial charge in [-0.05, 0) is 31.6 Å². The van der Waals surface area contributed by atoms with Crippen LogP contribution in [0.5, 0.6) is 0 Å². The largest absolute Gasteiger partial charge is 0.377 e. The van der Waals surface area contributed by atoms with Gasteiger partial charge in [-0.25, -0.2) is 0 Å². The van der Waals surface area contributed by atoms with Crippen LogP contribution in [0.4, 0.5) is 0 Å². The molecule has 1 aliphatic heterocycles. The fraction of sp³-hybridized carbons (Fsp3) is 0.579. The molecule has 8 heteroatoms. The molecule has 0 N–H and O–H groups in total. The summed E-state index contributed by atoms with van der Waals surface area (Å²) in [6.45, 7) is 3.70. The van der Waals surface area contributed by atoms with E-state index in [1.165, 1.54) is 5.57 Å². The summed E-state index contributed by atoms with van der Waals surface area (Å²) >= 11 is 0. The number of ether oxygens (including phenoxy) is 1. The maximum absolute atomic E-state index is 12.9. The minimum Gasteiger partial charge on any atom is -0.377 e. The van der Waals surface area contributed by atoms with Gasteiger partial charge >= 0.3 is 0 Å². The molecule has 4 rings (SSSR count). The fourth-order valence-electron chi connectivity index (χ4n) is 3.64. The summed E-state index contributed by atoms with van der Waals surface area (Å²) in [4.78, 5) is 19.2. The van der Waals surface area contributed by atoms with E-state index in [-0.39, 0.29) is 11.9 Å². The van der Waals surface area contributed by atoms with Crippen LogP contribution in [0.2, 0.25) is 0 Å². The first-order valence-electron chi connectivity index (χ1n) is 9.50. The second kappa shape index (κ2) is 7.64. The molecule has 2 aromatic heterocycles. The van der Waals surface area contributed by atoms with Gasteiger partial charge in [0.05, 0.1) is 25.0 Å². The summed E-state index contributed by atoms with van der Waals surface area (Å²) in [6.07, 6.45) is 9.63. The Morgan fingerprint density at radius 2 is 2.15 bits per heavy atom. The van der Waals surface area contributed by atoms with Gasteiger partial charge in [0.15, 0.2) is 5.82 Å². The van der Waals surface area contributed by atoms with Crippen LogP contribution in [-0.4, -0.2) is 50.5 Å². The van der Waals surface area contributed by atoms with E-state index in [4.69, 9.17) is 9.26 Å². The summed E-state index contributed by atoms with van der Waals surface area (Å²) in [5, 5.41) is 8.22. The average molecular weight is 371 g/mol. The van der Waals surface area contributed by atoms with Crippen molar-refractivity contribution in [2.45, 2.75) is 38.6 Å². The SMILES string of the molecule is CC1CCC(=CC(=O)N2CCOC[C@@H]2c2noc(-c3cnn(C)c3)n2)CC1. The third kappa shape index (κ3) is 3.95. The lowest BCUT2D eigenvalue weighted by Gasteiger charge is -2.33. The monoisotopic (exact) mass is 371 g/mol. The highest BCUT2D eigenvalue weighted by Crippen LogP contribution is 2.29. The highest BCUT2D eigenvalue weighted by molar-refractivity contribution is 5.88. The van der Waals surface area contributed by atoms with Gasteiger partial charge in [-0.2, -0.15) is 10.1 Å². The number of aryl methyl sites for hydroxylation is 1. The summed E-state index contributed by atoms with van der Waals surface area (Å²) < 4.78 is 12.6. The molecule has 0 radical (unpaired) electrons. The van der Waals surface area contributed by atoms with Gasteiger partial charge in [0.25, 0.3) is 5.89 Å². The molecule has 3 heterocycles. The molecule has 1 aliphatic carbocycles. The van der Waals surface area contributed by atoms with Crippen molar-refractivity contribution in [3.8, 4) is 11.5 Å². The van der Waals surface area contributed by atoms with E-state index >= 15 is 0 Å². The Hall–Kier alpha value is -2.48. The topological polar surface area (TPSA) is 86.3 Å². The Morgan fingerprint density at radius 3 is 2.89 bits per heavy atom. The lowest BCUT2D eigenvalue weighted by atomic mass is 9.87. The van der Waals surface area contributed by atoms with Crippen molar-refractivity contribution in [1.29, 1.82) is 0 Å². The molecule has 2 fully saturated rings. The number of allylic oxidation sites excluding steroid dienone is 1. The Morgan fingerprint density at radius 1 is 1.33 bits per heavy atom. The third-order valence-electron chi connectivity index (χ3n) is 5.35. The molecule has 8 nitrogen and oxygen atoms in total. The van der Waals surface area contributed by atoms with E-state index in [9.17, 15) is 4.79 Å². The fourth-order valence-corrected chi connectivity index (χ4v) is 3.64. The molecule has 0 aromatic carbocycles. The van der Waals surface area contributed by atoms with Gasteiger partial charge in [0.1, 0.15) is 6.04 Å². The van der Waals surface area contributed by atoms with Crippen molar-refractivity contribution in [1.82, 2.24) is 24.8 Å². The van der Waals surface area contributed by atoms with E-state index in [1.54, 1.807) is 15.8 Å². The zero-order chi connectivity index (χ0) is 18.8. The number of hydrogen-bond donors (Lipinski definition) is 0. The third-order valence-corrected chi connectivity index (χ3v) is 5.35. The summed E-state index contributed by atoms with van der Waals surface area (Å²) in [6, 6.07) is -0.334. The molecule has 1 saturated carbocycles. The van der Waals surface area contributed by atoms with Gasteiger partial charge in [-0.3, -0.25) is 9.48 Å². The van der Waals surface area contributed by atoms with E-state index in [0.29, 0.717) is 31.5 Å². The molecule has 0 spiro atoms. The van der Waals surface area contributed by atoms with E-state index in [2.05, 4.69) is 22.2 Å². The molecule has 27 heavy (non-hydrogen) atoms. The van der Waals surface area contributed by atoms with Crippen molar-refractivity contribution >= 4 is 5.91 Å². The Labute approximate surface area is 158 Å². The molecular formula is C19H25N5O3. The molecule has 2 aliphatic rings. The van der Waals surface area contributed by atoms with Crippen molar-refractivity contribution < 1.29 is 14.1 Å². The molecule has 2 aromatic rings. The molecule has 0 bridgehead atoms. The van der Waals surface area contributed by atoms with Crippen molar-refractivity contribution in [3.05, 3.63) is 29.9 Å². The first kappa shape index (κ1) is 17.9. The number of carbonyl (C=O) groups excluding carboxylic acids is 1. The van der Waals surface area contributed by atoms with Crippen LogP contribution >= 0.6 is 0 Å². The van der Waals surface area contributed by atoms with E-state index in [1.807, 2.05) is 19.3 Å². The standard InChI is InChI=1S/C19H25N5O3/c1-13-3-5-14(6-4-13)9-17(25)24-7-8-26-12-16(24)18-21-19(27-22-18)15-10-20-23(2)11-15/h9-11,13,16H,3-8,12H2,1-2H3/t13?,16-/m1/s1. The number of hydrogen-bond acceptors (Lipinski definition) is 6. The molecule has 1 amide bonds. The summed E-state index contributed by atoms with van der Waals surface area (Å²) in [5.41, 5.74) is 2.00. The van der Waals surface area contributed by atoms with Gasteiger partial charge in [-0.1, -0.05) is 17.7 Å². The molecule has 0 unspecified atom stereocenters. The van der Waals surface area contributed by atoms with Crippen molar-refractivity contribution in [2.75, 3.05) is 19.8 Å². The highest BCUT2D eigenvalue weighted by Gasteiger charge is 2.32. The van der Waals surface area contributed by atoms with Crippen molar-refractivity contribution in [3.63, 3.8) is 0 Å². The zero-order valence-electron chi connectivity index (χ0n) is 15.8. The van der Waals surface area contributed by atoms with E-state index in [0.717, 1.165) is 37.2 Å². The summed E-state index contributed by atoms with van der Waals surface area (Å²) in [7, 11) is 1.83. The minimum atomic E-state index is -0.334. The highest BCUT2D eigenvalue weighted by atomic mass is 16.5. The Bertz CT molecular complexity index is 830. The lowest BCUT2D eigenvalue weighted by molar-refractivity contribution is -0.135. The first-order valence-corrected chi connectivity index (χ1v) is 9.50. The Kier molecular flexibility index (Phi) is 5.07. The zero-order valence-corrected chi connectivity index (χ0v) is 15.8. The van der Waals surface area contributed by atoms with E-state index < -0.39 is 0 Å². The van der Waals surface area contributed by atoms with Gasteiger partial charge in [0.2, 0.25) is 5.91 Å². The quantitative estimate of drug-likeness (QED) is 0.771. The first-order chi connectivity index (χ1) is 13.1.